The number of aryl methyl sites for hydroxylation is 1. The van der Waals surface area contributed by atoms with E-state index < -0.39 is 0 Å². The first-order valence-corrected chi connectivity index (χ1v) is 5.47. The van der Waals surface area contributed by atoms with Gasteiger partial charge in [-0.05, 0) is 25.2 Å². The zero-order valence-corrected chi connectivity index (χ0v) is 8.82. The van der Waals surface area contributed by atoms with Crippen molar-refractivity contribution in [2.75, 3.05) is 0 Å². The zero-order chi connectivity index (χ0) is 9.97. The minimum Gasteiger partial charge on any atom is -0.338 e. The monoisotopic (exact) mass is 193 g/mol. The van der Waals surface area contributed by atoms with Crippen LogP contribution in [0.25, 0.3) is 0 Å². The van der Waals surface area contributed by atoms with Gasteiger partial charge in [-0.3, -0.25) is 0 Å². The van der Waals surface area contributed by atoms with Crippen molar-refractivity contribution in [1.82, 2.24) is 9.55 Å². The Morgan fingerprint density at radius 1 is 1.57 bits per heavy atom. The maximum absolute atomic E-state index is 5.96. The lowest BCUT2D eigenvalue weighted by Gasteiger charge is -2.26. The molecule has 0 bridgehead atoms. The van der Waals surface area contributed by atoms with Crippen LogP contribution in [0.15, 0.2) is 12.4 Å². The largest absolute Gasteiger partial charge is 0.338 e. The van der Waals surface area contributed by atoms with Gasteiger partial charge in [-0.2, -0.15) is 0 Å². The van der Waals surface area contributed by atoms with Gasteiger partial charge in [-0.25, -0.2) is 4.98 Å². The molecule has 0 aromatic carbocycles. The first kappa shape index (κ1) is 9.71. The SMILES string of the molecule is Cn1ccnc1CC1CCCC(N)C1. The third-order valence-electron chi connectivity index (χ3n) is 3.22. The van der Waals surface area contributed by atoms with Crippen LogP contribution < -0.4 is 5.73 Å². The Morgan fingerprint density at radius 2 is 2.43 bits per heavy atom. The van der Waals surface area contributed by atoms with Gasteiger partial charge in [0.1, 0.15) is 5.82 Å². The molecule has 0 radical (unpaired) electrons. The Kier molecular flexibility index (Phi) is 2.87. The fourth-order valence-corrected chi connectivity index (χ4v) is 2.37. The summed E-state index contributed by atoms with van der Waals surface area (Å²) in [5, 5.41) is 0. The molecule has 0 amide bonds. The molecule has 1 aliphatic rings. The van der Waals surface area contributed by atoms with Crippen LogP contribution in [0.3, 0.4) is 0 Å². The Balaban J connectivity index is 1.94. The van der Waals surface area contributed by atoms with Crippen molar-refractivity contribution in [2.45, 2.75) is 38.1 Å². The summed E-state index contributed by atoms with van der Waals surface area (Å²) in [6.07, 6.45) is 9.97. The maximum Gasteiger partial charge on any atom is 0.108 e. The zero-order valence-electron chi connectivity index (χ0n) is 8.82. The van der Waals surface area contributed by atoms with Gasteiger partial charge in [0, 0.05) is 31.9 Å². The van der Waals surface area contributed by atoms with E-state index in [9.17, 15) is 0 Å². The molecule has 0 saturated heterocycles. The van der Waals surface area contributed by atoms with E-state index in [0.29, 0.717) is 6.04 Å². The van der Waals surface area contributed by atoms with E-state index in [1.807, 2.05) is 12.4 Å². The maximum atomic E-state index is 5.96. The standard InChI is InChI=1S/C11H19N3/c1-14-6-5-13-11(14)8-9-3-2-4-10(12)7-9/h5-6,9-10H,2-4,7-8,12H2,1H3. The van der Waals surface area contributed by atoms with E-state index in [2.05, 4.69) is 16.6 Å². The Bertz CT molecular complexity index is 292. The predicted octanol–water partition coefficient (Wildman–Crippen LogP) is 1.48. The van der Waals surface area contributed by atoms with E-state index in [-0.39, 0.29) is 0 Å². The minimum absolute atomic E-state index is 0.425. The summed E-state index contributed by atoms with van der Waals surface area (Å²) in [6.45, 7) is 0. The lowest BCUT2D eigenvalue weighted by Crippen LogP contribution is -2.29. The molecule has 0 spiro atoms. The summed E-state index contributed by atoms with van der Waals surface area (Å²) in [5.74, 6) is 1.95. The molecule has 1 aromatic rings. The van der Waals surface area contributed by atoms with E-state index in [1.165, 1.54) is 31.5 Å². The lowest BCUT2D eigenvalue weighted by molar-refractivity contribution is 0.315. The molecule has 3 nitrogen and oxygen atoms in total. The van der Waals surface area contributed by atoms with Gasteiger partial charge in [0.25, 0.3) is 0 Å². The summed E-state index contributed by atoms with van der Waals surface area (Å²) in [4.78, 5) is 4.36. The summed E-state index contributed by atoms with van der Waals surface area (Å²) in [5.41, 5.74) is 5.96. The summed E-state index contributed by atoms with van der Waals surface area (Å²) >= 11 is 0. The number of aromatic nitrogens is 2. The van der Waals surface area contributed by atoms with Gasteiger partial charge in [0.15, 0.2) is 0 Å². The van der Waals surface area contributed by atoms with Crippen LogP contribution in [0.2, 0.25) is 0 Å². The molecule has 1 fully saturated rings. The Morgan fingerprint density at radius 3 is 3.07 bits per heavy atom. The van der Waals surface area contributed by atoms with E-state index >= 15 is 0 Å². The summed E-state index contributed by atoms with van der Waals surface area (Å²) in [7, 11) is 2.06. The molecule has 1 aliphatic carbocycles. The highest BCUT2D eigenvalue weighted by Crippen LogP contribution is 2.25. The van der Waals surface area contributed by atoms with Crippen molar-refractivity contribution in [3.05, 3.63) is 18.2 Å². The second kappa shape index (κ2) is 4.13. The molecule has 2 atom stereocenters. The topological polar surface area (TPSA) is 43.8 Å². The first-order chi connectivity index (χ1) is 6.75. The average molecular weight is 193 g/mol. The quantitative estimate of drug-likeness (QED) is 0.773. The molecule has 1 heterocycles. The number of hydrogen-bond acceptors (Lipinski definition) is 2. The number of rotatable bonds is 2. The van der Waals surface area contributed by atoms with Gasteiger partial charge in [-0.1, -0.05) is 6.42 Å². The average Bonchev–Trinajstić information content (AvgIpc) is 2.52. The van der Waals surface area contributed by atoms with Crippen molar-refractivity contribution < 1.29 is 0 Å². The Hall–Kier alpha value is -0.830. The molecule has 3 heteroatoms. The van der Waals surface area contributed by atoms with E-state index in [0.717, 1.165) is 12.3 Å². The molecular formula is C11H19N3. The van der Waals surface area contributed by atoms with Crippen LogP contribution in [0.1, 0.15) is 31.5 Å². The first-order valence-electron chi connectivity index (χ1n) is 5.47. The highest BCUT2D eigenvalue weighted by molar-refractivity contribution is 4.94. The van der Waals surface area contributed by atoms with Gasteiger partial charge in [0.05, 0.1) is 0 Å². The highest BCUT2D eigenvalue weighted by Gasteiger charge is 2.20. The molecule has 0 aliphatic heterocycles. The summed E-state index contributed by atoms with van der Waals surface area (Å²) < 4.78 is 2.11. The number of nitrogens with two attached hydrogens (primary N) is 1. The third kappa shape index (κ3) is 2.15. The van der Waals surface area contributed by atoms with Gasteiger partial charge >= 0.3 is 0 Å². The number of imidazole rings is 1. The van der Waals surface area contributed by atoms with E-state index in [1.54, 1.807) is 0 Å². The number of nitrogens with zero attached hydrogens (tertiary/aromatic N) is 2. The minimum atomic E-state index is 0.425. The Labute approximate surface area is 85.3 Å². The van der Waals surface area contributed by atoms with Crippen LogP contribution in [0.5, 0.6) is 0 Å². The second-order valence-electron chi connectivity index (χ2n) is 4.45. The van der Waals surface area contributed by atoms with Crippen molar-refractivity contribution in [1.29, 1.82) is 0 Å². The smallest absolute Gasteiger partial charge is 0.108 e. The predicted molar refractivity (Wildman–Crippen MR) is 56.8 cm³/mol. The van der Waals surface area contributed by atoms with E-state index in [4.69, 9.17) is 5.73 Å². The molecule has 1 aromatic heterocycles. The van der Waals surface area contributed by atoms with Crippen LogP contribution in [-0.4, -0.2) is 15.6 Å². The van der Waals surface area contributed by atoms with Crippen molar-refractivity contribution >= 4 is 0 Å². The van der Waals surface area contributed by atoms with Crippen LogP contribution >= 0.6 is 0 Å². The van der Waals surface area contributed by atoms with Gasteiger partial charge in [0.2, 0.25) is 0 Å². The van der Waals surface area contributed by atoms with Crippen LogP contribution in [0, 0.1) is 5.92 Å². The van der Waals surface area contributed by atoms with Gasteiger partial charge < -0.3 is 10.3 Å². The van der Waals surface area contributed by atoms with Crippen molar-refractivity contribution in [3.8, 4) is 0 Å². The molecule has 2 rings (SSSR count). The molecule has 78 valence electrons. The number of hydrogen-bond donors (Lipinski definition) is 1. The van der Waals surface area contributed by atoms with Gasteiger partial charge in [-0.15, -0.1) is 0 Å². The molecular weight excluding hydrogens is 174 g/mol. The van der Waals surface area contributed by atoms with Crippen molar-refractivity contribution in [3.63, 3.8) is 0 Å². The molecule has 2 unspecified atom stereocenters. The molecule has 1 saturated carbocycles. The second-order valence-corrected chi connectivity index (χ2v) is 4.45. The lowest BCUT2D eigenvalue weighted by atomic mass is 9.84. The fraction of sp³-hybridized carbons (Fsp3) is 0.727. The summed E-state index contributed by atoms with van der Waals surface area (Å²) in [6, 6.07) is 0.425. The normalized spacial score (nSPS) is 27.9. The highest BCUT2D eigenvalue weighted by atomic mass is 15.0. The third-order valence-corrected chi connectivity index (χ3v) is 3.22. The van der Waals surface area contributed by atoms with Crippen LogP contribution in [-0.2, 0) is 13.5 Å². The van der Waals surface area contributed by atoms with Crippen molar-refractivity contribution in [2.24, 2.45) is 18.7 Å². The van der Waals surface area contributed by atoms with Crippen LogP contribution in [0.4, 0.5) is 0 Å². The fourth-order valence-electron chi connectivity index (χ4n) is 2.37. The molecule has 2 N–H and O–H groups in total. The molecule has 14 heavy (non-hydrogen) atoms.